The van der Waals surface area contributed by atoms with Gasteiger partial charge in [0.2, 0.25) is 0 Å². The maximum absolute atomic E-state index is 14.1. The lowest BCUT2D eigenvalue weighted by Gasteiger charge is -2.10. The number of fused-ring (bicyclic) bond motifs is 1. The van der Waals surface area contributed by atoms with Gasteiger partial charge in [-0.15, -0.1) is 0 Å². The number of imidazole rings is 2. The lowest BCUT2D eigenvalue weighted by Crippen LogP contribution is -2.10. The van der Waals surface area contributed by atoms with Gasteiger partial charge in [0.25, 0.3) is 0 Å². The van der Waals surface area contributed by atoms with Crippen molar-refractivity contribution in [1.29, 1.82) is 0 Å². The number of aryl methyl sites for hydroxylation is 1. The van der Waals surface area contributed by atoms with E-state index in [2.05, 4.69) is 15.0 Å². The van der Waals surface area contributed by atoms with E-state index < -0.39 is 17.6 Å². The number of aromatic nitrogens is 5. The van der Waals surface area contributed by atoms with Crippen LogP contribution in [-0.2, 0) is 19.3 Å². The summed E-state index contributed by atoms with van der Waals surface area (Å²) in [6.45, 7) is 2.49. The fourth-order valence-corrected chi connectivity index (χ4v) is 3.18. The number of hydrogen-bond acceptors (Lipinski definition) is 3. The average Bonchev–Trinajstić information content (AvgIpc) is 3.24. The third-order valence-corrected chi connectivity index (χ3v) is 4.47. The van der Waals surface area contributed by atoms with Crippen LogP contribution in [0.15, 0.2) is 48.9 Å². The smallest absolute Gasteiger partial charge is 0.327 e. The van der Waals surface area contributed by atoms with Crippen molar-refractivity contribution in [3.05, 3.63) is 66.1 Å². The third kappa shape index (κ3) is 3.12. The Morgan fingerprint density at radius 3 is 2.61 bits per heavy atom. The molecule has 0 aliphatic heterocycles. The molecule has 3 heterocycles. The Labute approximate surface area is 157 Å². The van der Waals surface area contributed by atoms with Crippen molar-refractivity contribution in [3.63, 3.8) is 0 Å². The SMILES string of the molecule is CCn1c(Cn2ccnc2-c2ncccc2F)nc2ccc(C(F)(F)F)cc21. The number of alkyl halides is 3. The van der Waals surface area contributed by atoms with Gasteiger partial charge in [-0.3, -0.25) is 0 Å². The zero-order valence-corrected chi connectivity index (χ0v) is 14.8. The topological polar surface area (TPSA) is 48.5 Å². The number of nitrogens with zero attached hydrogens (tertiary/aromatic N) is 5. The molecule has 28 heavy (non-hydrogen) atoms. The molecule has 0 saturated carbocycles. The number of pyridine rings is 1. The Morgan fingerprint density at radius 1 is 1.07 bits per heavy atom. The molecule has 4 aromatic rings. The average molecular weight is 389 g/mol. The molecule has 0 fully saturated rings. The lowest BCUT2D eigenvalue weighted by molar-refractivity contribution is -0.137. The van der Waals surface area contributed by atoms with Crippen LogP contribution in [0.4, 0.5) is 17.6 Å². The van der Waals surface area contributed by atoms with Gasteiger partial charge in [-0.25, -0.2) is 19.3 Å². The highest BCUT2D eigenvalue weighted by molar-refractivity contribution is 5.77. The molecule has 0 unspecified atom stereocenters. The highest BCUT2D eigenvalue weighted by Crippen LogP contribution is 2.32. The Balaban J connectivity index is 1.78. The van der Waals surface area contributed by atoms with Crippen LogP contribution < -0.4 is 0 Å². The minimum Gasteiger partial charge on any atom is -0.327 e. The lowest BCUT2D eigenvalue weighted by atomic mass is 10.2. The highest BCUT2D eigenvalue weighted by Gasteiger charge is 2.31. The van der Waals surface area contributed by atoms with E-state index in [1.54, 1.807) is 15.3 Å². The molecule has 0 radical (unpaired) electrons. The molecule has 0 aliphatic carbocycles. The van der Waals surface area contributed by atoms with Gasteiger partial charge in [0.1, 0.15) is 11.5 Å². The summed E-state index contributed by atoms with van der Waals surface area (Å²) in [5.74, 6) is 0.366. The van der Waals surface area contributed by atoms with Gasteiger partial charge in [-0.2, -0.15) is 13.2 Å². The standard InChI is InChI=1S/C19H15F4N5/c1-2-28-15-10-12(19(21,22)23)5-6-14(15)26-16(28)11-27-9-8-25-18(27)17-13(20)4-3-7-24-17/h3-10H,2,11H2,1H3. The van der Waals surface area contributed by atoms with Gasteiger partial charge < -0.3 is 9.13 Å². The summed E-state index contributed by atoms with van der Waals surface area (Å²) < 4.78 is 56.7. The van der Waals surface area contributed by atoms with Crippen LogP contribution in [0.25, 0.3) is 22.6 Å². The van der Waals surface area contributed by atoms with Crippen molar-refractivity contribution >= 4 is 11.0 Å². The van der Waals surface area contributed by atoms with Crippen molar-refractivity contribution in [3.8, 4) is 11.5 Å². The van der Waals surface area contributed by atoms with E-state index in [0.717, 1.165) is 12.1 Å². The second-order valence-electron chi connectivity index (χ2n) is 6.19. The Bertz CT molecular complexity index is 1140. The fourth-order valence-electron chi connectivity index (χ4n) is 3.18. The van der Waals surface area contributed by atoms with E-state index in [-0.39, 0.29) is 12.2 Å². The quantitative estimate of drug-likeness (QED) is 0.482. The number of rotatable bonds is 4. The Kier molecular flexibility index (Phi) is 4.37. The van der Waals surface area contributed by atoms with Gasteiger partial charge in [-0.1, -0.05) is 0 Å². The molecule has 3 aromatic heterocycles. The maximum Gasteiger partial charge on any atom is 0.416 e. The first kappa shape index (κ1) is 18.1. The summed E-state index contributed by atoms with van der Waals surface area (Å²) in [6, 6.07) is 6.26. The summed E-state index contributed by atoms with van der Waals surface area (Å²) in [4.78, 5) is 12.7. The first-order valence-corrected chi connectivity index (χ1v) is 8.57. The van der Waals surface area contributed by atoms with Crippen LogP contribution >= 0.6 is 0 Å². The second-order valence-corrected chi connectivity index (χ2v) is 6.19. The molecule has 0 bridgehead atoms. The summed E-state index contributed by atoms with van der Waals surface area (Å²) in [5.41, 5.74) is 0.250. The van der Waals surface area contributed by atoms with Crippen LogP contribution in [0.3, 0.4) is 0 Å². The number of benzene rings is 1. The van der Waals surface area contributed by atoms with Crippen molar-refractivity contribution in [2.24, 2.45) is 0 Å². The molecule has 0 aliphatic rings. The van der Waals surface area contributed by atoms with Crippen molar-refractivity contribution < 1.29 is 17.6 Å². The summed E-state index contributed by atoms with van der Waals surface area (Å²) in [6.07, 6.45) is 0.219. The molecule has 5 nitrogen and oxygen atoms in total. The van der Waals surface area contributed by atoms with Gasteiger partial charge in [0.15, 0.2) is 11.6 Å². The summed E-state index contributed by atoms with van der Waals surface area (Å²) in [7, 11) is 0. The third-order valence-electron chi connectivity index (χ3n) is 4.47. The monoisotopic (exact) mass is 389 g/mol. The Hall–Kier alpha value is -3.23. The van der Waals surface area contributed by atoms with Crippen LogP contribution in [0.2, 0.25) is 0 Å². The first-order chi connectivity index (χ1) is 13.4. The van der Waals surface area contributed by atoms with E-state index >= 15 is 0 Å². The van der Waals surface area contributed by atoms with Crippen LogP contribution in [0.5, 0.6) is 0 Å². The minimum atomic E-state index is -4.43. The molecule has 0 N–H and O–H groups in total. The minimum absolute atomic E-state index is 0.103. The van der Waals surface area contributed by atoms with Crippen molar-refractivity contribution in [2.45, 2.75) is 26.2 Å². The normalized spacial score (nSPS) is 12.0. The van der Waals surface area contributed by atoms with Gasteiger partial charge >= 0.3 is 6.18 Å². The van der Waals surface area contributed by atoms with E-state index in [1.807, 2.05) is 6.92 Å². The van der Waals surface area contributed by atoms with Crippen molar-refractivity contribution in [1.82, 2.24) is 24.1 Å². The van der Waals surface area contributed by atoms with Crippen LogP contribution in [0, 0.1) is 5.82 Å². The molecule has 4 rings (SSSR count). The maximum atomic E-state index is 14.1. The van der Waals surface area contributed by atoms with Crippen LogP contribution in [-0.4, -0.2) is 24.1 Å². The number of hydrogen-bond donors (Lipinski definition) is 0. The van der Waals surface area contributed by atoms with E-state index in [9.17, 15) is 17.6 Å². The molecule has 0 spiro atoms. The van der Waals surface area contributed by atoms with E-state index in [4.69, 9.17) is 0 Å². The highest BCUT2D eigenvalue weighted by atomic mass is 19.4. The molecule has 1 aromatic carbocycles. The molecular formula is C19H15F4N5. The predicted octanol–water partition coefficient (Wildman–Crippen LogP) is 4.52. The zero-order chi connectivity index (χ0) is 19.9. The summed E-state index contributed by atoms with van der Waals surface area (Å²) >= 11 is 0. The molecule has 0 saturated heterocycles. The second kappa shape index (κ2) is 6.74. The molecule has 0 atom stereocenters. The first-order valence-electron chi connectivity index (χ1n) is 8.57. The summed E-state index contributed by atoms with van der Waals surface area (Å²) in [5, 5.41) is 0. The fraction of sp³-hybridized carbons (Fsp3) is 0.211. The van der Waals surface area contributed by atoms with E-state index in [1.165, 1.54) is 30.6 Å². The van der Waals surface area contributed by atoms with Gasteiger partial charge in [0.05, 0.1) is 23.1 Å². The van der Waals surface area contributed by atoms with Gasteiger partial charge in [0, 0.05) is 25.1 Å². The molecule has 144 valence electrons. The molecule has 9 heteroatoms. The molecular weight excluding hydrogens is 374 g/mol. The largest absolute Gasteiger partial charge is 0.416 e. The predicted molar refractivity (Wildman–Crippen MR) is 94.9 cm³/mol. The van der Waals surface area contributed by atoms with Crippen molar-refractivity contribution in [2.75, 3.05) is 0 Å². The van der Waals surface area contributed by atoms with E-state index in [0.29, 0.717) is 29.2 Å². The van der Waals surface area contributed by atoms with Crippen LogP contribution in [0.1, 0.15) is 18.3 Å². The zero-order valence-electron chi connectivity index (χ0n) is 14.8. The Morgan fingerprint density at radius 2 is 1.89 bits per heavy atom. The van der Waals surface area contributed by atoms with Gasteiger partial charge in [-0.05, 0) is 37.3 Å². The molecule has 0 amide bonds. The number of halogens is 4.